The molecule has 0 aliphatic carbocycles. The Labute approximate surface area is 284 Å². The standard InChI is InChI=1S/C29H40N8O13/c30-15(6-9-23(41)42)25(45)36-17(10-14-4-2-1-3-5-14)27(47)37-19(12-24(43)44)26(46)33-13-22(40)34-18(11-21(32)39)28(48)35-16(29(49)50)7-8-20(31)38/h1-5,15-19H,6-13,30H2,(H2,31,38)(H2,32,39)(H,33,46)(H,34,40)(H,35,48)(H,36,45)(H,37,47)(H,41,42)(H,43,44)(H,49,50)/t15-,16-,17-,18-,19-/m0/s1. The van der Waals surface area contributed by atoms with Gasteiger partial charge in [-0.15, -0.1) is 0 Å². The molecule has 0 aliphatic rings. The molecular weight excluding hydrogens is 668 g/mol. The van der Waals surface area contributed by atoms with Crippen LogP contribution in [0.2, 0.25) is 0 Å². The van der Waals surface area contributed by atoms with Crippen molar-refractivity contribution in [2.75, 3.05) is 6.54 Å². The molecule has 1 rings (SSSR count). The Morgan fingerprint density at radius 2 is 1.16 bits per heavy atom. The van der Waals surface area contributed by atoms with Crippen molar-refractivity contribution in [2.24, 2.45) is 17.2 Å². The number of hydrogen-bond acceptors (Lipinski definition) is 11. The minimum atomic E-state index is -1.81. The lowest BCUT2D eigenvalue weighted by Gasteiger charge is -2.24. The molecule has 0 heterocycles. The van der Waals surface area contributed by atoms with Crippen LogP contribution < -0.4 is 43.8 Å². The lowest BCUT2D eigenvalue weighted by atomic mass is 10.0. The zero-order chi connectivity index (χ0) is 38.0. The van der Waals surface area contributed by atoms with Crippen molar-refractivity contribution >= 4 is 59.3 Å². The number of hydrogen-bond donors (Lipinski definition) is 11. The second-order valence-electron chi connectivity index (χ2n) is 10.9. The van der Waals surface area contributed by atoms with Crippen LogP contribution in [-0.4, -0.2) is 111 Å². The van der Waals surface area contributed by atoms with Gasteiger partial charge in [0.05, 0.1) is 25.4 Å². The van der Waals surface area contributed by atoms with Crippen molar-refractivity contribution in [1.82, 2.24) is 26.6 Å². The zero-order valence-corrected chi connectivity index (χ0v) is 26.6. The average molecular weight is 709 g/mol. The summed E-state index contributed by atoms with van der Waals surface area (Å²) < 4.78 is 0. The summed E-state index contributed by atoms with van der Waals surface area (Å²) in [6, 6.07) is 0.296. The average Bonchev–Trinajstić information content (AvgIpc) is 3.02. The largest absolute Gasteiger partial charge is 0.481 e. The molecule has 0 saturated heterocycles. The second-order valence-corrected chi connectivity index (χ2v) is 10.9. The summed E-state index contributed by atoms with van der Waals surface area (Å²) in [6.07, 6.45) is -3.46. The number of carbonyl (C=O) groups is 10. The highest BCUT2D eigenvalue weighted by Gasteiger charge is 2.31. The van der Waals surface area contributed by atoms with Gasteiger partial charge in [0.2, 0.25) is 41.4 Å². The van der Waals surface area contributed by atoms with Gasteiger partial charge in [0, 0.05) is 19.3 Å². The van der Waals surface area contributed by atoms with Gasteiger partial charge in [0.15, 0.2) is 0 Å². The molecule has 0 fully saturated rings. The molecule has 7 amide bonds. The SMILES string of the molecule is NC(=O)CC[C@H](NC(=O)[C@H](CC(N)=O)NC(=O)CNC(=O)[C@H](CC(=O)O)NC(=O)[C@H](Cc1ccccc1)NC(=O)[C@@H](N)CCC(=O)O)C(=O)O. The quantitative estimate of drug-likeness (QED) is 0.0508. The molecule has 0 aliphatic heterocycles. The van der Waals surface area contributed by atoms with Crippen LogP contribution >= 0.6 is 0 Å². The lowest BCUT2D eigenvalue weighted by molar-refractivity contribution is -0.142. The van der Waals surface area contributed by atoms with E-state index in [-0.39, 0.29) is 12.8 Å². The lowest BCUT2D eigenvalue weighted by Crippen LogP contribution is -2.58. The predicted molar refractivity (Wildman–Crippen MR) is 168 cm³/mol. The molecule has 0 radical (unpaired) electrons. The Balaban J connectivity index is 3.04. The van der Waals surface area contributed by atoms with Crippen molar-refractivity contribution in [3.05, 3.63) is 35.9 Å². The number of carboxylic acid groups (broad SMARTS) is 3. The summed E-state index contributed by atoms with van der Waals surface area (Å²) in [7, 11) is 0. The fourth-order valence-electron chi connectivity index (χ4n) is 4.17. The van der Waals surface area contributed by atoms with E-state index in [4.69, 9.17) is 22.3 Å². The Hall–Kier alpha value is -6.12. The molecule has 14 N–H and O–H groups in total. The van der Waals surface area contributed by atoms with Crippen LogP contribution in [0.15, 0.2) is 30.3 Å². The second kappa shape index (κ2) is 21.0. The van der Waals surface area contributed by atoms with Crippen molar-refractivity contribution in [3.8, 4) is 0 Å². The third-order valence-corrected chi connectivity index (χ3v) is 6.71. The first-order valence-electron chi connectivity index (χ1n) is 14.9. The first-order chi connectivity index (χ1) is 23.4. The molecule has 0 spiro atoms. The number of primary amides is 2. The number of carbonyl (C=O) groups excluding carboxylic acids is 7. The van der Waals surface area contributed by atoms with Crippen molar-refractivity contribution in [3.63, 3.8) is 0 Å². The Morgan fingerprint density at radius 3 is 1.70 bits per heavy atom. The minimum absolute atomic E-state index is 0.150. The highest BCUT2D eigenvalue weighted by atomic mass is 16.4. The van der Waals surface area contributed by atoms with Gasteiger partial charge in [-0.05, 0) is 18.4 Å². The van der Waals surface area contributed by atoms with Crippen LogP contribution in [0, 0.1) is 0 Å². The van der Waals surface area contributed by atoms with E-state index in [9.17, 15) is 58.2 Å². The molecular formula is C29H40N8O13. The Morgan fingerprint density at radius 1 is 0.600 bits per heavy atom. The molecule has 1 aromatic carbocycles. The molecule has 50 heavy (non-hydrogen) atoms. The van der Waals surface area contributed by atoms with Gasteiger partial charge < -0.3 is 59.1 Å². The fourth-order valence-corrected chi connectivity index (χ4v) is 4.17. The summed E-state index contributed by atoms with van der Waals surface area (Å²) in [6.45, 7) is -0.931. The van der Waals surface area contributed by atoms with Crippen LogP contribution in [0.4, 0.5) is 0 Å². The van der Waals surface area contributed by atoms with Crippen LogP contribution in [-0.2, 0) is 54.4 Å². The van der Waals surface area contributed by atoms with Gasteiger partial charge in [-0.2, -0.15) is 0 Å². The highest BCUT2D eigenvalue weighted by molar-refractivity contribution is 5.97. The number of aliphatic carboxylic acids is 3. The number of carboxylic acids is 3. The highest BCUT2D eigenvalue weighted by Crippen LogP contribution is 2.07. The summed E-state index contributed by atoms with van der Waals surface area (Å²) in [5.41, 5.74) is 16.4. The van der Waals surface area contributed by atoms with Gasteiger partial charge in [-0.25, -0.2) is 4.79 Å². The fraction of sp³-hybridized carbons (Fsp3) is 0.448. The molecule has 274 valence electrons. The summed E-state index contributed by atoms with van der Waals surface area (Å²) in [5.74, 6) is -11.6. The molecule has 21 heteroatoms. The molecule has 5 atom stereocenters. The van der Waals surface area contributed by atoms with Gasteiger partial charge in [-0.1, -0.05) is 30.3 Å². The van der Waals surface area contributed by atoms with E-state index in [1.807, 2.05) is 5.32 Å². The maximum Gasteiger partial charge on any atom is 0.326 e. The van der Waals surface area contributed by atoms with Crippen molar-refractivity contribution in [2.45, 2.75) is 75.2 Å². The molecule has 0 bridgehead atoms. The first-order valence-corrected chi connectivity index (χ1v) is 14.9. The third-order valence-electron chi connectivity index (χ3n) is 6.71. The van der Waals surface area contributed by atoms with E-state index in [2.05, 4.69) is 21.3 Å². The zero-order valence-electron chi connectivity index (χ0n) is 26.6. The Bertz CT molecular complexity index is 1440. The van der Waals surface area contributed by atoms with Gasteiger partial charge >= 0.3 is 17.9 Å². The van der Waals surface area contributed by atoms with E-state index in [1.54, 1.807) is 30.3 Å². The number of nitrogens with two attached hydrogens (primary N) is 3. The summed E-state index contributed by atoms with van der Waals surface area (Å²) >= 11 is 0. The van der Waals surface area contributed by atoms with E-state index < -0.39 is 128 Å². The molecule has 21 nitrogen and oxygen atoms in total. The van der Waals surface area contributed by atoms with Crippen LogP contribution in [0.5, 0.6) is 0 Å². The minimum Gasteiger partial charge on any atom is -0.481 e. The molecule has 0 unspecified atom stereocenters. The van der Waals surface area contributed by atoms with Crippen molar-refractivity contribution < 1.29 is 63.3 Å². The molecule has 0 aromatic heterocycles. The van der Waals surface area contributed by atoms with E-state index >= 15 is 0 Å². The normalized spacial score (nSPS) is 13.5. The molecule has 1 aromatic rings. The summed E-state index contributed by atoms with van der Waals surface area (Å²) in [4.78, 5) is 121. The van der Waals surface area contributed by atoms with E-state index in [1.165, 1.54) is 0 Å². The van der Waals surface area contributed by atoms with Gasteiger partial charge in [0.25, 0.3) is 0 Å². The monoisotopic (exact) mass is 708 g/mol. The summed E-state index contributed by atoms with van der Waals surface area (Å²) in [5, 5.41) is 38.3. The van der Waals surface area contributed by atoms with Crippen molar-refractivity contribution in [1.29, 1.82) is 0 Å². The van der Waals surface area contributed by atoms with Crippen LogP contribution in [0.1, 0.15) is 44.1 Å². The Kier molecular flexibility index (Phi) is 17.6. The van der Waals surface area contributed by atoms with Crippen LogP contribution in [0.25, 0.3) is 0 Å². The number of nitrogens with one attached hydrogen (secondary N) is 5. The molecule has 0 saturated carbocycles. The van der Waals surface area contributed by atoms with Gasteiger partial charge in [-0.3, -0.25) is 43.2 Å². The predicted octanol–water partition coefficient (Wildman–Crippen LogP) is -4.82. The number of benzene rings is 1. The third kappa shape index (κ3) is 16.6. The number of amides is 7. The van der Waals surface area contributed by atoms with E-state index in [0.717, 1.165) is 0 Å². The topological polar surface area (TPSA) is 370 Å². The smallest absolute Gasteiger partial charge is 0.326 e. The maximum absolute atomic E-state index is 13.3. The van der Waals surface area contributed by atoms with E-state index in [0.29, 0.717) is 5.56 Å². The number of rotatable bonds is 23. The first kappa shape index (κ1) is 41.9. The maximum atomic E-state index is 13.3. The van der Waals surface area contributed by atoms with Crippen LogP contribution in [0.3, 0.4) is 0 Å². The van der Waals surface area contributed by atoms with Gasteiger partial charge in [0.1, 0.15) is 24.2 Å².